The first kappa shape index (κ1) is 18.3. The van der Waals surface area contributed by atoms with Crippen LogP contribution in [0.4, 0.5) is 5.69 Å². The second-order valence-corrected chi connectivity index (χ2v) is 7.91. The Balaban J connectivity index is 1.65. The van der Waals surface area contributed by atoms with E-state index in [-0.39, 0.29) is 11.8 Å². The highest BCUT2D eigenvalue weighted by molar-refractivity contribution is 5.77. The average molecular weight is 378 g/mol. The summed E-state index contributed by atoms with van der Waals surface area (Å²) in [4.78, 5) is 17.8. The van der Waals surface area contributed by atoms with E-state index in [2.05, 4.69) is 11.9 Å². The van der Waals surface area contributed by atoms with Gasteiger partial charge in [0.15, 0.2) is 5.72 Å². The molecule has 1 saturated heterocycles. The molecule has 1 aliphatic carbocycles. The van der Waals surface area contributed by atoms with Gasteiger partial charge in [-0.25, -0.2) is 4.98 Å². The molecule has 2 aliphatic rings. The minimum absolute atomic E-state index is 0.182. The summed E-state index contributed by atoms with van der Waals surface area (Å²) in [5.74, 6) is 1.34. The summed E-state index contributed by atoms with van der Waals surface area (Å²) in [6.45, 7) is 8.20. The van der Waals surface area contributed by atoms with Gasteiger partial charge in [-0.1, -0.05) is 6.92 Å². The van der Waals surface area contributed by atoms with Crippen LogP contribution in [-0.4, -0.2) is 21.7 Å². The molecule has 0 bridgehead atoms. The van der Waals surface area contributed by atoms with Gasteiger partial charge >= 0.3 is 0 Å². The number of anilines is 1. The Kier molecular flexibility index (Phi) is 4.29. The van der Waals surface area contributed by atoms with Gasteiger partial charge < -0.3 is 15.0 Å². The lowest BCUT2D eigenvalue weighted by Gasteiger charge is -2.34. The van der Waals surface area contributed by atoms with Crippen molar-refractivity contribution >= 4 is 12.1 Å². The minimum atomic E-state index is -0.751. The molecule has 146 valence electrons. The molecule has 3 atom stereocenters. The first-order valence-electron chi connectivity index (χ1n) is 9.55. The first-order chi connectivity index (χ1) is 13.4. The number of benzene rings is 1. The number of nitrogens with two attached hydrogens (primary N) is 1. The largest absolute Gasteiger partial charge is 0.472 e. The average Bonchev–Trinajstić information content (AvgIpc) is 3.34. The maximum atomic E-state index is 12.1. The monoisotopic (exact) mass is 378 g/mol. The number of aromatic nitrogens is 2. The summed E-state index contributed by atoms with van der Waals surface area (Å²) in [5, 5.41) is 0. The third-order valence-corrected chi connectivity index (χ3v) is 6.27. The van der Waals surface area contributed by atoms with Crippen LogP contribution >= 0.6 is 0 Å². The summed E-state index contributed by atoms with van der Waals surface area (Å²) in [6.07, 6.45) is 6.92. The van der Waals surface area contributed by atoms with Crippen LogP contribution in [0.15, 0.2) is 65.6 Å². The molecule has 1 aromatic heterocycles. The second-order valence-electron chi connectivity index (χ2n) is 7.91. The summed E-state index contributed by atoms with van der Waals surface area (Å²) >= 11 is 0. The van der Waals surface area contributed by atoms with Gasteiger partial charge in [-0.3, -0.25) is 9.69 Å². The van der Waals surface area contributed by atoms with E-state index >= 15 is 0 Å². The zero-order valence-electron chi connectivity index (χ0n) is 16.7. The fourth-order valence-corrected chi connectivity index (χ4v) is 4.36. The molecule has 28 heavy (non-hydrogen) atoms. The van der Waals surface area contributed by atoms with Gasteiger partial charge in [0, 0.05) is 47.7 Å². The maximum Gasteiger partial charge on any atom is 0.217 e. The molecule has 0 saturated carbocycles. The van der Waals surface area contributed by atoms with Gasteiger partial charge in [-0.2, -0.15) is 0 Å². The van der Waals surface area contributed by atoms with Crippen molar-refractivity contribution in [3.8, 4) is 5.69 Å². The van der Waals surface area contributed by atoms with E-state index < -0.39 is 5.72 Å². The Hall–Kier alpha value is -3.02. The van der Waals surface area contributed by atoms with Crippen LogP contribution in [0.1, 0.15) is 34.1 Å². The van der Waals surface area contributed by atoms with Crippen molar-refractivity contribution in [2.45, 2.75) is 39.8 Å². The van der Waals surface area contributed by atoms with E-state index in [1.54, 1.807) is 17.4 Å². The highest BCUT2D eigenvalue weighted by Gasteiger charge is 2.49. The van der Waals surface area contributed by atoms with Crippen molar-refractivity contribution in [3.63, 3.8) is 0 Å². The van der Waals surface area contributed by atoms with Crippen LogP contribution in [-0.2, 0) is 9.53 Å². The van der Waals surface area contributed by atoms with Crippen molar-refractivity contribution in [2.75, 3.05) is 4.90 Å². The van der Waals surface area contributed by atoms with Crippen LogP contribution in [0, 0.1) is 11.8 Å². The summed E-state index contributed by atoms with van der Waals surface area (Å²) < 4.78 is 8.35. The molecule has 2 aromatic rings. The molecule has 0 radical (unpaired) electrons. The molecule has 2 N–H and O–H groups in total. The molecule has 1 amide bonds. The molecule has 0 spiro atoms. The highest BCUT2D eigenvalue weighted by Crippen LogP contribution is 2.50. The molecular weight excluding hydrogens is 352 g/mol. The van der Waals surface area contributed by atoms with Crippen molar-refractivity contribution in [2.24, 2.45) is 17.6 Å². The van der Waals surface area contributed by atoms with Gasteiger partial charge in [-0.05, 0) is 56.2 Å². The highest BCUT2D eigenvalue weighted by atomic mass is 16.5. The summed E-state index contributed by atoms with van der Waals surface area (Å²) in [5.41, 5.74) is 10.5. The van der Waals surface area contributed by atoms with Crippen molar-refractivity contribution in [1.82, 2.24) is 9.55 Å². The van der Waals surface area contributed by atoms with E-state index in [1.807, 2.05) is 55.8 Å². The number of nitrogens with zero attached hydrogens (tertiary/aromatic N) is 3. The van der Waals surface area contributed by atoms with Gasteiger partial charge in [0.2, 0.25) is 6.41 Å². The predicted molar refractivity (Wildman–Crippen MR) is 108 cm³/mol. The van der Waals surface area contributed by atoms with Crippen LogP contribution < -0.4 is 10.6 Å². The van der Waals surface area contributed by atoms with Gasteiger partial charge in [0.25, 0.3) is 0 Å². The normalized spacial score (nSPS) is 26.9. The Morgan fingerprint density at radius 3 is 2.61 bits per heavy atom. The fraction of sp³-hybridized carbons (Fsp3) is 0.364. The number of hydrogen-bond acceptors (Lipinski definition) is 4. The number of carbonyl (C=O) groups excluding carboxylic acids is 1. The maximum absolute atomic E-state index is 12.1. The standard InChI is InChI=1S/C22H26N4O2/c1-14-15(2)21-19(16(3)20(14)23)11-22(4,28-21)26(13-27)18-7-5-17(6-8-18)25-10-9-24-12-25/h5-10,12-13,16,19H,11,23H2,1-4H3. The molecule has 6 nitrogen and oxygen atoms in total. The van der Waals surface area contributed by atoms with Gasteiger partial charge in [0.05, 0.1) is 6.33 Å². The van der Waals surface area contributed by atoms with Crippen LogP contribution in [0.25, 0.3) is 5.69 Å². The van der Waals surface area contributed by atoms with E-state index in [4.69, 9.17) is 10.5 Å². The molecule has 1 aromatic carbocycles. The number of hydrogen-bond donors (Lipinski definition) is 1. The number of fused-ring (bicyclic) bond motifs is 1. The zero-order valence-corrected chi connectivity index (χ0v) is 16.7. The van der Waals surface area contributed by atoms with Gasteiger partial charge in [0.1, 0.15) is 5.76 Å². The lowest BCUT2D eigenvalue weighted by atomic mass is 9.78. The molecule has 2 heterocycles. The number of ether oxygens (including phenoxy) is 1. The van der Waals surface area contributed by atoms with Crippen LogP contribution in [0.5, 0.6) is 0 Å². The Labute approximate surface area is 165 Å². The smallest absolute Gasteiger partial charge is 0.217 e. The Morgan fingerprint density at radius 2 is 2.00 bits per heavy atom. The van der Waals surface area contributed by atoms with E-state index in [9.17, 15) is 4.79 Å². The van der Waals surface area contributed by atoms with Crippen molar-refractivity contribution in [3.05, 3.63) is 65.6 Å². The predicted octanol–water partition coefficient (Wildman–Crippen LogP) is 3.74. The molecule has 4 rings (SSSR count). The topological polar surface area (TPSA) is 73.4 Å². The Bertz CT molecular complexity index is 959. The van der Waals surface area contributed by atoms with E-state index in [1.165, 1.54) is 0 Å². The number of carbonyl (C=O) groups is 1. The van der Waals surface area contributed by atoms with Crippen molar-refractivity contribution < 1.29 is 9.53 Å². The number of imidazole rings is 1. The number of amides is 1. The fourth-order valence-electron chi connectivity index (χ4n) is 4.36. The van der Waals surface area contributed by atoms with Crippen LogP contribution in [0.2, 0.25) is 0 Å². The SMILES string of the molecule is CC1=C(N)C(C)C2CC(C)(N(C=O)c3ccc(-n4ccnc4)cc3)OC2=C1C. The molecule has 1 aliphatic heterocycles. The summed E-state index contributed by atoms with van der Waals surface area (Å²) in [6, 6.07) is 7.80. The number of allylic oxidation sites excluding steroid dienone is 4. The van der Waals surface area contributed by atoms with Crippen LogP contribution in [0.3, 0.4) is 0 Å². The van der Waals surface area contributed by atoms with E-state index in [0.29, 0.717) is 6.42 Å². The lowest BCUT2D eigenvalue weighted by molar-refractivity contribution is -0.111. The molecule has 3 unspecified atom stereocenters. The van der Waals surface area contributed by atoms with Crippen molar-refractivity contribution in [1.29, 1.82) is 0 Å². The third-order valence-electron chi connectivity index (χ3n) is 6.27. The zero-order chi connectivity index (χ0) is 20.1. The molecule has 1 fully saturated rings. The summed E-state index contributed by atoms with van der Waals surface area (Å²) in [7, 11) is 0. The Morgan fingerprint density at radius 1 is 1.29 bits per heavy atom. The lowest BCUT2D eigenvalue weighted by Crippen LogP contribution is -2.45. The molecular formula is C22H26N4O2. The quantitative estimate of drug-likeness (QED) is 0.823. The van der Waals surface area contributed by atoms with E-state index in [0.717, 1.165) is 40.4 Å². The number of rotatable bonds is 4. The third kappa shape index (κ3) is 2.71. The van der Waals surface area contributed by atoms with Gasteiger partial charge in [-0.15, -0.1) is 0 Å². The molecule has 6 heteroatoms. The first-order valence-corrected chi connectivity index (χ1v) is 9.55. The second kappa shape index (κ2) is 6.55. The minimum Gasteiger partial charge on any atom is -0.472 e.